The number of nitrogens with one attached hydrogen (secondary N) is 1. The molecule has 1 aromatic carbocycles. The number of rotatable bonds is 7. The van der Waals surface area contributed by atoms with Gasteiger partial charge in [-0.2, -0.15) is 0 Å². The number of hydrogen-bond acceptors (Lipinski definition) is 7. The fourth-order valence-electron chi connectivity index (χ4n) is 3.76. The number of esters is 2. The molecule has 2 aromatic rings. The van der Waals surface area contributed by atoms with Crippen molar-refractivity contribution in [3.63, 3.8) is 0 Å². The number of amides is 1. The zero-order chi connectivity index (χ0) is 24.1. The molecule has 0 unspecified atom stereocenters. The monoisotopic (exact) mass is 458 g/mol. The van der Waals surface area contributed by atoms with Crippen LogP contribution in [-0.2, 0) is 20.7 Å². The molecule has 176 valence electrons. The Morgan fingerprint density at radius 1 is 1.27 bits per heavy atom. The number of nitrogens with zero attached hydrogens (tertiary/aromatic N) is 1. The van der Waals surface area contributed by atoms with Crippen molar-refractivity contribution in [2.24, 2.45) is 0 Å². The minimum Gasteiger partial charge on any atom is -0.493 e. The standard InChI is InChI=1S/C24H27FN2O6/c1-5-20(28)33-22-19(31-4)10-11-26-21(22)23(29)27-14(3)24(30)32-18-9-6-15-12-16(25)7-8-17(15)13(18)2/h7-8,10-14,18H,5-6,9H2,1-4H3,(H,27,29)/t13-,14+,18-/m1/s1. The number of carbonyl (C=O) groups is 3. The van der Waals surface area contributed by atoms with Crippen LogP contribution in [0.5, 0.6) is 11.5 Å². The van der Waals surface area contributed by atoms with Crippen LogP contribution in [0, 0.1) is 5.82 Å². The Kier molecular flexibility index (Phi) is 7.63. The van der Waals surface area contributed by atoms with Crippen molar-refractivity contribution in [2.45, 2.75) is 58.1 Å². The zero-order valence-electron chi connectivity index (χ0n) is 19.0. The Morgan fingerprint density at radius 2 is 2.03 bits per heavy atom. The largest absolute Gasteiger partial charge is 0.493 e. The molecule has 0 bridgehead atoms. The molecule has 1 amide bonds. The molecule has 3 atom stereocenters. The van der Waals surface area contributed by atoms with E-state index < -0.39 is 30.0 Å². The van der Waals surface area contributed by atoms with Crippen LogP contribution in [0.4, 0.5) is 4.39 Å². The number of benzene rings is 1. The molecular formula is C24H27FN2O6. The lowest BCUT2D eigenvalue weighted by atomic mass is 9.82. The first kappa shape index (κ1) is 24.2. The van der Waals surface area contributed by atoms with Gasteiger partial charge in [0.05, 0.1) is 7.11 Å². The molecule has 3 rings (SSSR count). The third-order valence-corrected chi connectivity index (χ3v) is 5.63. The number of pyridine rings is 1. The molecule has 1 N–H and O–H groups in total. The van der Waals surface area contributed by atoms with Crippen molar-refractivity contribution in [3.8, 4) is 11.5 Å². The SMILES string of the molecule is CCC(=O)Oc1c(OC)ccnc1C(=O)N[C@@H](C)C(=O)O[C@@H]1CCc2cc(F)ccc2[C@H]1C. The molecule has 1 aromatic heterocycles. The maximum Gasteiger partial charge on any atom is 0.328 e. The lowest BCUT2D eigenvalue weighted by Gasteiger charge is -2.31. The van der Waals surface area contributed by atoms with Gasteiger partial charge in [0.25, 0.3) is 5.91 Å². The molecule has 1 heterocycles. The van der Waals surface area contributed by atoms with Crippen LogP contribution >= 0.6 is 0 Å². The van der Waals surface area contributed by atoms with E-state index in [-0.39, 0.29) is 35.3 Å². The lowest BCUT2D eigenvalue weighted by Crippen LogP contribution is -2.42. The van der Waals surface area contributed by atoms with Gasteiger partial charge in [-0.05, 0) is 43.0 Å². The summed E-state index contributed by atoms with van der Waals surface area (Å²) >= 11 is 0. The highest BCUT2D eigenvalue weighted by atomic mass is 19.1. The van der Waals surface area contributed by atoms with E-state index >= 15 is 0 Å². The van der Waals surface area contributed by atoms with Crippen LogP contribution in [0.3, 0.4) is 0 Å². The average Bonchev–Trinajstić information content (AvgIpc) is 2.80. The Hall–Kier alpha value is -3.49. The maximum atomic E-state index is 13.5. The normalized spacial score (nSPS) is 18.0. The molecule has 1 aliphatic rings. The summed E-state index contributed by atoms with van der Waals surface area (Å²) in [4.78, 5) is 41.3. The topological polar surface area (TPSA) is 104 Å². The van der Waals surface area contributed by atoms with E-state index in [2.05, 4.69) is 10.3 Å². The predicted octanol–water partition coefficient (Wildman–Crippen LogP) is 3.32. The number of hydrogen-bond donors (Lipinski definition) is 1. The average molecular weight is 458 g/mol. The Labute approximate surface area is 191 Å². The van der Waals surface area contributed by atoms with Crippen molar-refractivity contribution in [1.82, 2.24) is 10.3 Å². The van der Waals surface area contributed by atoms with Crippen molar-refractivity contribution in [2.75, 3.05) is 7.11 Å². The summed E-state index contributed by atoms with van der Waals surface area (Å²) in [6.45, 7) is 5.03. The van der Waals surface area contributed by atoms with Gasteiger partial charge in [0, 0.05) is 24.6 Å². The minimum absolute atomic E-state index is 0.0944. The molecule has 0 saturated heterocycles. The number of fused-ring (bicyclic) bond motifs is 1. The molecule has 1 aliphatic carbocycles. The number of ether oxygens (including phenoxy) is 3. The van der Waals surface area contributed by atoms with Crippen LogP contribution in [-0.4, -0.2) is 42.1 Å². The van der Waals surface area contributed by atoms with Crippen LogP contribution < -0.4 is 14.8 Å². The van der Waals surface area contributed by atoms with E-state index in [1.165, 1.54) is 38.4 Å². The maximum absolute atomic E-state index is 13.5. The number of aryl methyl sites for hydroxylation is 1. The number of methoxy groups -OCH3 is 1. The molecule has 0 fully saturated rings. The van der Waals surface area contributed by atoms with E-state index in [0.717, 1.165) is 11.1 Å². The van der Waals surface area contributed by atoms with Gasteiger partial charge in [-0.3, -0.25) is 9.59 Å². The van der Waals surface area contributed by atoms with Crippen LogP contribution in [0.15, 0.2) is 30.5 Å². The smallest absolute Gasteiger partial charge is 0.328 e. The molecular weight excluding hydrogens is 431 g/mol. The fraction of sp³-hybridized carbons (Fsp3) is 0.417. The first-order valence-electron chi connectivity index (χ1n) is 10.8. The molecule has 9 heteroatoms. The highest BCUT2D eigenvalue weighted by Crippen LogP contribution is 2.34. The van der Waals surface area contributed by atoms with Gasteiger partial charge in [-0.25, -0.2) is 14.2 Å². The first-order chi connectivity index (χ1) is 15.7. The van der Waals surface area contributed by atoms with Gasteiger partial charge < -0.3 is 19.5 Å². The second-order valence-electron chi connectivity index (χ2n) is 7.86. The van der Waals surface area contributed by atoms with Gasteiger partial charge in [-0.15, -0.1) is 0 Å². The number of carbonyl (C=O) groups excluding carboxylic acids is 3. The minimum atomic E-state index is -0.984. The number of halogens is 1. The molecule has 0 radical (unpaired) electrons. The summed E-state index contributed by atoms with van der Waals surface area (Å²) in [7, 11) is 1.37. The summed E-state index contributed by atoms with van der Waals surface area (Å²) in [5, 5.41) is 2.54. The van der Waals surface area contributed by atoms with Gasteiger partial charge in [-0.1, -0.05) is 19.9 Å². The zero-order valence-corrected chi connectivity index (χ0v) is 19.0. The second-order valence-corrected chi connectivity index (χ2v) is 7.86. The third kappa shape index (κ3) is 5.47. The summed E-state index contributed by atoms with van der Waals surface area (Å²) < 4.78 is 29.6. The van der Waals surface area contributed by atoms with Gasteiger partial charge >= 0.3 is 11.9 Å². The summed E-state index contributed by atoms with van der Waals surface area (Å²) in [6, 6.07) is 5.10. The Bertz CT molecular complexity index is 1060. The second kappa shape index (κ2) is 10.4. The van der Waals surface area contributed by atoms with Crippen molar-refractivity contribution >= 4 is 17.8 Å². The quantitative estimate of drug-likeness (QED) is 0.635. The molecule has 0 spiro atoms. The lowest BCUT2D eigenvalue weighted by molar-refractivity contribution is -0.152. The van der Waals surface area contributed by atoms with E-state index in [1.54, 1.807) is 13.0 Å². The third-order valence-electron chi connectivity index (χ3n) is 5.63. The highest BCUT2D eigenvalue weighted by Gasteiger charge is 2.32. The molecule has 0 saturated carbocycles. The van der Waals surface area contributed by atoms with Gasteiger partial charge in [0.2, 0.25) is 5.75 Å². The van der Waals surface area contributed by atoms with Crippen molar-refractivity contribution in [3.05, 3.63) is 53.1 Å². The van der Waals surface area contributed by atoms with E-state index in [0.29, 0.717) is 12.8 Å². The Morgan fingerprint density at radius 3 is 2.73 bits per heavy atom. The summed E-state index contributed by atoms with van der Waals surface area (Å²) in [5.74, 6) is -2.23. The number of aromatic nitrogens is 1. The summed E-state index contributed by atoms with van der Waals surface area (Å²) in [5.41, 5.74) is 1.67. The van der Waals surface area contributed by atoms with Crippen molar-refractivity contribution < 1.29 is 33.0 Å². The Balaban J connectivity index is 1.68. The van der Waals surface area contributed by atoms with E-state index in [1.807, 2.05) is 6.92 Å². The van der Waals surface area contributed by atoms with E-state index in [4.69, 9.17) is 14.2 Å². The van der Waals surface area contributed by atoms with Crippen LogP contribution in [0.2, 0.25) is 0 Å². The van der Waals surface area contributed by atoms with Gasteiger partial charge in [0.15, 0.2) is 11.4 Å². The van der Waals surface area contributed by atoms with Crippen molar-refractivity contribution in [1.29, 1.82) is 0 Å². The summed E-state index contributed by atoms with van der Waals surface area (Å²) in [6.07, 6.45) is 2.18. The van der Waals surface area contributed by atoms with E-state index in [9.17, 15) is 18.8 Å². The van der Waals surface area contributed by atoms with Crippen LogP contribution in [0.25, 0.3) is 0 Å². The van der Waals surface area contributed by atoms with Crippen LogP contribution in [0.1, 0.15) is 61.1 Å². The van der Waals surface area contributed by atoms with Gasteiger partial charge in [0.1, 0.15) is 18.0 Å². The fourth-order valence-corrected chi connectivity index (χ4v) is 3.76. The molecule has 0 aliphatic heterocycles. The molecule has 33 heavy (non-hydrogen) atoms. The predicted molar refractivity (Wildman–Crippen MR) is 117 cm³/mol. The molecule has 8 nitrogen and oxygen atoms in total. The highest BCUT2D eigenvalue weighted by molar-refractivity contribution is 5.98. The first-order valence-corrected chi connectivity index (χ1v) is 10.8.